The first-order chi connectivity index (χ1) is 15.9. The Morgan fingerprint density at radius 2 is 2.00 bits per heavy atom. The van der Waals surface area contributed by atoms with Gasteiger partial charge in [0.2, 0.25) is 0 Å². The van der Waals surface area contributed by atoms with Crippen LogP contribution in [0.3, 0.4) is 0 Å². The van der Waals surface area contributed by atoms with E-state index in [0.717, 1.165) is 30.0 Å². The van der Waals surface area contributed by atoms with Crippen LogP contribution in [0.4, 0.5) is 0 Å². The van der Waals surface area contributed by atoms with Crippen molar-refractivity contribution in [3.8, 4) is 0 Å². The highest BCUT2D eigenvalue weighted by atomic mass is 32.1. The number of cyclic esters (lactones) is 1. The van der Waals surface area contributed by atoms with Crippen LogP contribution in [0.2, 0.25) is 0 Å². The van der Waals surface area contributed by atoms with Crippen LogP contribution in [0.25, 0.3) is 6.08 Å². The quantitative estimate of drug-likeness (QED) is 0.430. The zero-order valence-corrected chi connectivity index (χ0v) is 21.8. The van der Waals surface area contributed by atoms with Gasteiger partial charge in [0, 0.05) is 24.3 Å². The number of ketones is 1. The lowest BCUT2D eigenvalue weighted by Crippen LogP contribution is -2.45. The van der Waals surface area contributed by atoms with E-state index in [1.165, 1.54) is 16.9 Å². The van der Waals surface area contributed by atoms with Gasteiger partial charge in [-0.3, -0.25) is 9.59 Å². The molecule has 0 saturated heterocycles. The number of ether oxygens (including phenoxy) is 1. The van der Waals surface area contributed by atoms with Crippen LogP contribution < -0.4 is 5.73 Å². The van der Waals surface area contributed by atoms with Crippen molar-refractivity contribution in [1.29, 1.82) is 0 Å². The molecule has 0 aliphatic carbocycles. The lowest BCUT2D eigenvalue weighted by Gasteiger charge is -2.34. The highest BCUT2D eigenvalue weighted by Crippen LogP contribution is 2.32. The fourth-order valence-electron chi connectivity index (χ4n) is 4.19. The van der Waals surface area contributed by atoms with Crippen molar-refractivity contribution in [2.75, 3.05) is 0 Å². The highest BCUT2D eigenvalue weighted by molar-refractivity contribution is 7.09. The molecule has 5 atom stereocenters. The van der Waals surface area contributed by atoms with Crippen molar-refractivity contribution in [1.82, 2.24) is 4.98 Å². The predicted molar refractivity (Wildman–Crippen MR) is 135 cm³/mol. The van der Waals surface area contributed by atoms with Crippen molar-refractivity contribution in [3.63, 3.8) is 0 Å². The number of aliphatic hydroxyl groups excluding tert-OH is 2. The number of aliphatic hydroxyl groups is 2. The Hall–Kier alpha value is -1.87. The van der Waals surface area contributed by atoms with Gasteiger partial charge in [0.05, 0.1) is 29.7 Å². The lowest BCUT2D eigenvalue weighted by molar-refractivity contribution is -0.153. The van der Waals surface area contributed by atoms with Gasteiger partial charge in [-0.2, -0.15) is 0 Å². The molecule has 5 unspecified atom stereocenters. The van der Waals surface area contributed by atoms with Gasteiger partial charge >= 0.3 is 5.97 Å². The van der Waals surface area contributed by atoms with Crippen LogP contribution in [0, 0.1) is 17.3 Å². The second kappa shape index (κ2) is 12.7. The van der Waals surface area contributed by atoms with Crippen LogP contribution in [0.5, 0.6) is 0 Å². The second-order valence-electron chi connectivity index (χ2n) is 10.00. The third-order valence-corrected chi connectivity index (χ3v) is 7.66. The van der Waals surface area contributed by atoms with Crippen molar-refractivity contribution < 1.29 is 24.5 Å². The maximum absolute atomic E-state index is 13.1. The first-order valence-electron chi connectivity index (χ1n) is 12.0. The first kappa shape index (κ1) is 28.4. The molecule has 0 fully saturated rings. The standard InChI is InChI=1S/C26H40N2O5S/c1-16-7-6-8-17(2)24(31)18(3)25(32)26(4,5)21(29)13-23(30)33-20(11-9-16)12-10-19-15-34-22(14-27)28-19/h9-10,12,15,17-18,20-21,24,29,31H,6-8,11,13-14,27H2,1-5H3. The van der Waals surface area contributed by atoms with E-state index >= 15 is 0 Å². The average molecular weight is 493 g/mol. The Kier molecular flexibility index (Phi) is 10.6. The third-order valence-electron chi connectivity index (χ3n) is 6.77. The Morgan fingerprint density at radius 3 is 2.65 bits per heavy atom. The molecule has 1 aromatic rings. The van der Waals surface area contributed by atoms with Gasteiger partial charge in [-0.1, -0.05) is 39.3 Å². The number of carbonyl (C=O) groups excluding carboxylic acids is 2. The Morgan fingerprint density at radius 1 is 1.29 bits per heavy atom. The molecule has 0 radical (unpaired) electrons. The van der Waals surface area contributed by atoms with Gasteiger partial charge in [0.15, 0.2) is 0 Å². The Balaban J connectivity index is 2.26. The monoisotopic (exact) mass is 492 g/mol. The molecular formula is C26H40N2O5S. The zero-order chi connectivity index (χ0) is 25.5. The van der Waals surface area contributed by atoms with Crippen LogP contribution in [0.1, 0.15) is 77.4 Å². The van der Waals surface area contributed by atoms with Crippen LogP contribution >= 0.6 is 11.3 Å². The van der Waals surface area contributed by atoms with Crippen molar-refractivity contribution >= 4 is 29.2 Å². The number of aromatic nitrogens is 1. The minimum Gasteiger partial charge on any atom is -0.458 e. The number of hydrogen-bond donors (Lipinski definition) is 3. The maximum atomic E-state index is 13.1. The summed E-state index contributed by atoms with van der Waals surface area (Å²) in [6, 6.07) is 0. The summed E-state index contributed by atoms with van der Waals surface area (Å²) in [5, 5.41) is 24.2. The van der Waals surface area contributed by atoms with E-state index in [2.05, 4.69) is 11.1 Å². The summed E-state index contributed by atoms with van der Waals surface area (Å²) >= 11 is 1.47. The predicted octanol–water partition coefficient (Wildman–Crippen LogP) is 4.03. The second-order valence-corrected chi connectivity index (χ2v) is 10.9. The largest absolute Gasteiger partial charge is 0.458 e. The number of Topliss-reactive ketones (excluding diaryl/α,β-unsaturated/α-hetero) is 1. The van der Waals surface area contributed by atoms with Gasteiger partial charge in [0.1, 0.15) is 16.9 Å². The van der Waals surface area contributed by atoms with Crippen LogP contribution in [0.15, 0.2) is 23.1 Å². The number of hydrogen-bond acceptors (Lipinski definition) is 8. The topological polar surface area (TPSA) is 123 Å². The van der Waals surface area contributed by atoms with E-state index in [9.17, 15) is 19.8 Å². The number of nitrogens with zero attached hydrogens (tertiary/aromatic N) is 1. The fraction of sp³-hybridized carbons (Fsp3) is 0.654. The van der Waals surface area contributed by atoms with Crippen LogP contribution in [-0.2, 0) is 20.9 Å². The number of allylic oxidation sites excluding steroid dienone is 1. The van der Waals surface area contributed by atoms with E-state index in [-0.39, 0.29) is 18.1 Å². The normalized spacial score (nSPS) is 30.2. The number of thiazole rings is 1. The molecule has 0 saturated carbocycles. The summed E-state index contributed by atoms with van der Waals surface area (Å²) < 4.78 is 5.68. The molecule has 8 heteroatoms. The molecule has 7 nitrogen and oxygen atoms in total. The molecule has 190 valence electrons. The Bertz CT molecular complexity index is 892. The van der Waals surface area contributed by atoms with Gasteiger partial charge < -0.3 is 20.7 Å². The molecule has 1 aliphatic heterocycles. The number of rotatable bonds is 3. The molecule has 2 heterocycles. The van der Waals surface area contributed by atoms with Crippen LogP contribution in [-0.4, -0.2) is 45.3 Å². The molecule has 0 aromatic carbocycles. The van der Waals surface area contributed by atoms with E-state index in [1.807, 2.05) is 25.3 Å². The minimum atomic E-state index is -1.22. The van der Waals surface area contributed by atoms with E-state index in [0.29, 0.717) is 13.0 Å². The van der Waals surface area contributed by atoms with E-state index in [4.69, 9.17) is 10.5 Å². The summed E-state index contributed by atoms with van der Waals surface area (Å²) in [6.45, 7) is 9.29. The summed E-state index contributed by atoms with van der Waals surface area (Å²) in [7, 11) is 0. The van der Waals surface area contributed by atoms with Gasteiger partial charge in [-0.25, -0.2) is 4.98 Å². The van der Waals surface area contributed by atoms with Crippen molar-refractivity contribution in [3.05, 3.63) is 33.8 Å². The maximum Gasteiger partial charge on any atom is 0.309 e. The summed E-state index contributed by atoms with van der Waals surface area (Å²) in [4.78, 5) is 30.2. The van der Waals surface area contributed by atoms with Crippen molar-refractivity contribution in [2.45, 2.75) is 91.6 Å². The summed E-state index contributed by atoms with van der Waals surface area (Å²) in [6.07, 6.45) is 5.84. The number of carbonyl (C=O) groups is 2. The molecule has 0 bridgehead atoms. The minimum absolute atomic E-state index is 0.0511. The molecule has 1 aliphatic rings. The van der Waals surface area contributed by atoms with Crippen molar-refractivity contribution in [2.24, 2.45) is 23.0 Å². The molecule has 4 N–H and O–H groups in total. The molecule has 0 spiro atoms. The number of nitrogens with two attached hydrogens (primary N) is 1. The molecule has 0 amide bonds. The lowest BCUT2D eigenvalue weighted by atomic mass is 9.73. The SMILES string of the molecule is CC1=CCC(C=Cc2csc(CN)n2)OC(=O)CC(O)C(C)(C)C(=O)C(C)C(O)C(C)CCC1. The zero-order valence-electron chi connectivity index (χ0n) is 21.0. The van der Waals surface area contributed by atoms with Gasteiger partial charge in [-0.15, -0.1) is 11.3 Å². The van der Waals surface area contributed by atoms with Gasteiger partial charge in [0.25, 0.3) is 0 Å². The Labute approximate surface area is 207 Å². The van der Waals surface area contributed by atoms with E-state index < -0.39 is 35.6 Å². The smallest absolute Gasteiger partial charge is 0.309 e. The molecule has 1 aromatic heterocycles. The highest BCUT2D eigenvalue weighted by Gasteiger charge is 2.42. The number of esters is 1. The third kappa shape index (κ3) is 7.83. The molecule has 34 heavy (non-hydrogen) atoms. The summed E-state index contributed by atoms with van der Waals surface area (Å²) in [5.41, 5.74) is 6.36. The average Bonchev–Trinajstić information content (AvgIpc) is 3.26. The molecular weight excluding hydrogens is 452 g/mol. The summed E-state index contributed by atoms with van der Waals surface area (Å²) in [5.74, 6) is -1.54. The van der Waals surface area contributed by atoms with E-state index in [1.54, 1.807) is 26.8 Å². The molecule has 2 rings (SSSR count). The fourth-order valence-corrected chi connectivity index (χ4v) is 4.83. The first-order valence-corrected chi connectivity index (χ1v) is 12.9. The van der Waals surface area contributed by atoms with Gasteiger partial charge in [-0.05, 0) is 44.3 Å².